The number of aryl methyl sites for hydroxylation is 1. The number of anilines is 1. The highest BCUT2D eigenvalue weighted by atomic mass is 19.1. The molecule has 0 aliphatic carbocycles. The molecule has 0 amide bonds. The Kier molecular flexibility index (Phi) is 3.51. The second kappa shape index (κ2) is 5.10. The summed E-state index contributed by atoms with van der Waals surface area (Å²) in [5.41, 5.74) is 7.40. The third-order valence-electron chi connectivity index (χ3n) is 2.95. The first kappa shape index (κ1) is 13.1. The molecule has 0 atom stereocenters. The van der Waals surface area contributed by atoms with E-state index in [1.807, 2.05) is 0 Å². The van der Waals surface area contributed by atoms with Crippen molar-refractivity contribution in [3.8, 4) is 5.75 Å². The Bertz CT molecular complexity index is 638. The van der Waals surface area contributed by atoms with Crippen LogP contribution >= 0.6 is 0 Å². The fraction of sp³-hybridized carbons (Fsp3) is 0.133. The molecule has 0 saturated carbocycles. The average molecular weight is 259 g/mol. The number of ether oxygens (including phenoxy) is 1. The number of hydrogen-bond acceptors (Lipinski definition) is 3. The van der Waals surface area contributed by atoms with E-state index in [9.17, 15) is 9.18 Å². The number of benzene rings is 2. The van der Waals surface area contributed by atoms with Gasteiger partial charge in [0.1, 0.15) is 17.1 Å². The van der Waals surface area contributed by atoms with Crippen molar-refractivity contribution in [2.75, 3.05) is 12.8 Å². The minimum absolute atomic E-state index is 0.0610. The molecule has 2 rings (SSSR count). The van der Waals surface area contributed by atoms with E-state index in [2.05, 4.69) is 0 Å². The second-order valence-electron chi connectivity index (χ2n) is 4.22. The molecule has 3 nitrogen and oxygen atoms in total. The molecule has 0 aromatic heterocycles. The van der Waals surface area contributed by atoms with Crippen LogP contribution in [-0.4, -0.2) is 12.9 Å². The first-order valence-electron chi connectivity index (χ1n) is 5.78. The first-order valence-corrected chi connectivity index (χ1v) is 5.78. The Labute approximate surface area is 110 Å². The van der Waals surface area contributed by atoms with E-state index >= 15 is 0 Å². The zero-order valence-corrected chi connectivity index (χ0v) is 10.7. The summed E-state index contributed by atoms with van der Waals surface area (Å²) in [4.78, 5) is 12.3. The summed E-state index contributed by atoms with van der Waals surface area (Å²) >= 11 is 0. The molecule has 0 unspecified atom stereocenters. The number of carbonyl (C=O) groups excluding carboxylic acids is 1. The number of rotatable bonds is 3. The fourth-order valence-electron chi connectivity index (χ4n) is 1.86. The Morgan fingerprint density at radius 2 is 2.00 bits per heavy atom. The Morgan fingerprint density at radius 3 is 2.63 bits per heavy atom. The van der Waals surface area contributed by atoms with Crippen LogP contribution in [-0.2, 0) is 0 Å². The predicted octanol–water partition coefficient (Wildman–Crippen LogP) is 2.96. The van der Waals surface area contributed by atoms with Crippen LogP contribution in [0.1, 0.15) is 21.5 Å². The molecule has 0 aliphatic rings. The van der Waals surface area contributed by atoms with Gasteiger partial charge in [0, 0.05) is 11.3 Å². The van der Waals surface area contributed by atoms with Crippen molar-refractivity contribution in [1.82, 2.24) is 0 Å². The van der Waals surface area contributed by atoms with E-state index in [4.69, 9.17) is 10.5 Å². The highest BCUT2D eigenvalue weighted by molar-refractivity contribution is 6.11. The standard InChI is InChI=1S/C15H14FNO2/c1-9-8-10(6-7-12(9)17)15(18)14-11(16)4-3-5-13(14)19-2/h3-8H,17H2,1-2H3. The van der Waals surface area contributed by atoms with Crippen LogP contribution in [0.3, 0.4) is 0 Å². The summed E-state index contributed by atoms with van der Waals surface area (Å²) in [6.07, 6.45) is 0. The first-order chi connectivity index (χ1) is 9.04. The summed E-state index contributed by atoms with van der Waals surface area (Å²) in [6.45, 7) is 1.80. The highest BCUT2D eigenvalue weighted by Crippen LogP contribution is 2.25. The van der Waals surface area contributed by atoms with Crippen molar-refractivity contribution in [2.45, 2.75) is 6.92 Å². The summed E-state index contributed by atoms with van der Waals surface area (Å²) in [7, 11) is 1.40. The van der Waals surface area contributed by atoms with Gasteiger partial charge in [-0.25, -0.2) is 4.39 Å². The summed E-state index contributed by atoms with van der Waals surface area (Å²) in [6, 6.07) is 9.15. The molecule has 0 heterocycles. The number of methoxy groups -OCH3 is 1. The minimum atomic E-state index is -0.598. The molecular formula is C15H14FNO2. The maximum absolute atomic E-state index is 13.8. The summed E-state index contributed by atoms with van der Waals surface area (Å²) < 4.78 is 18.9. The third kappa shape index (κ3) is 2.42. The predicted molar refractivity (Wildman–Crippen MR) is 72.0 cm³/mol. The second-order valence-corrected chi connectivity index (χ2v) is 4.22. The molecule has 4 heteroatoms. The normalized spacial score (nSPS) is 10.3. The lowest BCUT2D eigenvalue weighted by Gasteiger charge is -2.09. The maximum atomic E-state index is 13.8. The van der Waals surface area contributed by atoms with Gasteiger partial charge in [-0.15, -0.1) is 0 Å². The van der Waals surface area contributed by atoms with E-state index in [0.29, 0.717) is 11.3 Å². The molecule has 0 spiro atoms. The van der Waals surface area contributed by atoms with Crippen LogP contribution < -0.4 is 10.5 Å². The van der Waals surface area contributed by atoms with Crippen molar-refractivity contribution in [2.24, 2.45) is 0 Å². The smallest absolute Gasteiger partial charge is 0.199 e. The largest absolute Gasteiger partial charge is 0.496 e. The average Bonchev–Trinajstić information content (AvgIpc) is 2.40. The Balaban J connectivity index is 2.52. The van der Waals surface area contributed by atoms with Gasteiger partial charge in [-0.1, -0.05) is 6.07 Å². The third-order valence-corrected chi connectivity index (χ3v) is 2.95. The number of ketones is 1. The molecule has 2 aromatic carbocycles. The van der Waals surface area contributed by atoms with Gasteiger partial charge in [-0.05, 0) is 42.8 Å². The molecule has 0 saturated heterocycles. The Morgan fingerprint density at radius 1 is 1.26 bits per heavy atom. The number of nitrogen functional groups attached to an aromatic ring is 1. The zero-order chi connectivity index (χ0) is 14.0. The molecule has 0 aliphatic heterocycles. The van der Waals surface area contributed by atoms with Gasteiger partial charge >= 0.3 is 0 Å². The molecule has 98 valence electrons. The van der Waals surface area contributed by atoms with Gasteiger partial charge in [0.15, 0.2) is 5.78 Å². The van der Waals surface area contributed by atoms with E-state index in [-0.39, 0.29) is 11.3 Å². The molecule has 2 aromatic rings. The highest BCUT2D eigenvalue weighted by Gasteiger charge is 2.19. The maximum Gasteiger partial charge on any atom is 0.199 e. The van der Waals surface area contributed by atoms with Crippen molar-refractivity contribution in [1.29, 1.82) is 0 Å². The SMILES string of the molecule is COc1cccc(F)c1C(=O)c1ccc(N)c(C)c1. The molecule has 19 heavy (non-hydrogen) atoms. The topological polar surface area (TPSA) is 52.3 Å². The zero-order valence-electron chi connectivity index (χ0n) is 10.7. The lowest BCUT2D eigenvalue weighted by Crippen LogP contribution is -2.07. The molecular weight excluding hydrogens is 245 g/mol. The van der Waals surface area contributed by atoms with Crippen molar-refractivity contribution in [3.05, 3.63) is 58.9 Å². The van der Waals surface area contributed by atoms with Gasteiger partial charge in [-0.3, -0.25) is 4.79 Å². The van der Waals surface area contributed by atoms with Crippen LogP contribution in [0.4, 0.5) is 10.1 Å². The number of carbonyl (C=O) groups is 1. The summed E-state index contributed by atoms with van der Waals surface area (Å²) in [5.74, 6) is -0.795. The lowest BCUT2D eigenvalue weighted by molar-refractivity contribution is 0.103. The van der Waals surface area contributed by atoms with Gasteiger partial charge in [0.2, 0.25) is 0 Å². The molecule has 0 radical (unpaired) electrons. The van der Waals surface area contributed by atoms with E-state index in [1.54, 1.807) is 31.2 Å². The van der Waals surface area contributed by atoms with Crippen LogP contribution in [0.25, 0.3) is 0 Å². The summed E-state index contributed by atoms with van der Waals surface area (Å²) in [5, 5.41) is 0. The quantitative estimate of drug-likeness (QED) is 0.681. The van der Waals surface area contributed by atoms with Crippen LogP contribution in [0, 0.1) is 12.7 Å². The van der Waals surface area contributed by atoms with E-state index in [1.165, 1.54) is 19.2 Å². The van der Waals surface area contributed by atoms with Crippen LogP contribution in [0.15, 0.2) is 36.4 Å². The van der Waals surface area contributed by atoms with Crippen molar-refractivity contribution in [3.63, 3.8) is 0 Å². The van der Waals surface area contributed by atoms with Gasteiger partial charge < -0.3 is 10.5 Å². The van der Waals surface area contributed by atoms with E-state index < -0.39 is 11.6 Å². The van der Waals surface area contributed by atoms with Crippen molar-refractivity contribution < 1.29 is 13.9 Å². The minimum Gasteiger partial charge on any atom is -0.496 e. The fourth-order valence-corrected chi connectivity index (χ4v) is 1.86. The van der Waals surface area contributed by atoms with Gasteiger partial charge in [0.05, 0.1) is 7.11 Å². The van der Waals surface area contributed by atoms with Crippen LogP contribution in [0.5, 0.6) is 5.75 Å². The molecule has 2 N–H and O–H groups in total. The Hall–Kier alpha value is -2.36. The van der Waals surface area contributed by atoms with Gasteiger partial charge in [-0.2, -0.15) is 0 Å². The van der Waals surface area contributed by atoms with Crippen molar-refractivity contribution >= 4 is 11.5 Å². The number of nitrogens with two attached hydrogens (primary N) is 1. The van der Waals surface area contributed by atoms with E-state index in [0.717, 1.165) is 5.56 Å². The molecule has 0 bridgehead atoms. The number of halogens is 1. The van der Waals surface area contributed by atoms with Crippen LogP contribution in [0.2, 0.25) is 0 Å². The monoisotopic (exact) mass is 259 g/mol. The van der Waals surface area contributed by atoms with Gasteiger partial charge in [0.25, 0.3) is 0 Å². The number of hydrogen-bond donors (Lipinski definition) is 1. The molecule has 0 fully saturated rings. The lowest BCUT2D eigenvalue weighted by atomic mass is 9.99.